The van der Waals surface area contributed by atoms with E-state index in [9.17, 15) is 0 Å². The highest BCUT2D eigenvalue weighted by atomic mass is 15.2. The molecule has 2 fully saturated rings. The molecule has 0 aromatic carbocycles. The molecule has 4 atom stereocenters. The topological polar surface area (TPSA) is 15.3 Å². The Morgan fingerprint density at radius 1 is 1.28 bits per heavy atom. The summed E-state index contributed by atoms with van der Waals surface area (Å²) >= 11 is 0. The maximum Gasteiger partial charge on any atom is 0.0226 e. The zero-order valence-corrected chi connectivity index (χ0v) is 12.6. The zero-order valence-electron chi connectivity index (χ0n) is 12.6. The van der Waals surface area contributed by atoms with Crippen molar-refractivity contribution in [2.24, 2.45) is 11.8 Å². The standard InChI is InChI=1S/C16H32N2/c1-4-6-10-18(13(3)5-2)12-16-15-9-7-8-14(15)11-17-16/h13-17H,4-12H2,1-3H3. The van der Waals surface area contributed by atoms with Gasteiger partial charge in [0.2, 0.25) is 0 Å². The van der Waals surface area contributed by atoms with Gasteiger partial charge in [0.15, 0.2) is 0 Å². The van der Waals surface area contributed by atoms with Crippen LogP contribution in [0.4, 0.5) is 0 Å². The summed E-state index contributed by atoms with van der Waals surface area (Å²) < 4.78 is 0. The van der Waals surface area contributed by atoms with Crippen molar-refractivity contribution < 1.29 is 0 Å². The molecule has 0 aromatic rings. The maximum atomic E-state index is 3.80. The van der Waals surface area contributed by atoms with Crippen LogP contribution in [0.5, 0.6) is 0 Å². The number of rotatable bonds is 7. The van der Waals surface area contributed by atoms with Crippen molar-refractivity contribution >= 4 is 0 Å². The van der Waals surface area contributed by atoms with Crippen LogP contribution in [0, 0.1) is 11.8 Å². The summed E-state index contributed by atoms with van der Waals surface area (Å²) in [5, 5.41) is 3.80. The Balaban J connectivity index is 1.87. The summed E-state index contributed by atoms with van der Waals surface area (Å²) in [5.41, 5.74) is 0. The molecule has 2 aliphatic rings. The van der Waals surface area contributed by atoms with E-state index in [1.165, 1.54) is 58.2 Å². The molecular weight excluding hydrogens is 220 g/mol. The van der Waals surface area contributed by atoms with Gasteiger partial charge in [0.05, 0.1) is 0 Å². The molecule has 1 aliphatic heterocycles. The van der Waals surface area contributed by atoms with Crippen molar-refractivity contribution in [3.8, 4) is 0 Å². The third kappa shape index (κ3) is 3.27. The molecule has 0 amide bonds. The van der Waals surface area contributed by atoms with Crippen molar-refractivity contribution in [3.63, 3.8) is 0 Å². The number of hydrogen-bond donors (Lipinski definition) is 1. The van der Waals surface area contributed by atoms with E-state index >= 15 is 0 Å². The zero-order chi connectivity index (χ0) is 13.0. The molecule has 2 rings (SSSR count). The average molecular weight is 252 g/mol. The summed E-state index contributed by atoms with van der Waals surface area (Å²) in [7, 11) is 0. The second-order valence-corrected chi connectivity index (χ2v) is 6.48. The first-order chi connectivity index (χ1) is 8.76. The lowest BCUT2D eigenvalue weighted by Crippen LogP contribution is -2.44. The minimum atomic E-state index is 0.749. The first kappa shape index (κ1) is 14.3. The predicted octanol–water partition coefficient (Wildman–Crippen LogP) is 3.28. The molecule has 1 aliphatic carbocycles. The summed E-state index contributed by atoms with van der Waals surface area (Å²) in [6.45, 7) is 10.9. The van der Waals surface area contributed by atoms with Crippen molar-refractivity contribution in [2.75, 3.05) is 19.6 Å². The van der Waals surface area contributed by atoms with E-state index in [1.807, 2.05) is 0 Å². The molecule has 0 aromatic heterocycles. The fourth-order valence-electron chi connectivity index (χ4n) is 3.87. The van der Waals surface area contributed by atoms with E-state index in [0.717, 1.165) is 23.9 Å². The number of nitrogens with zero attached hydrogens (tertiary/aromatic N) is 1. The largest absolute Gasteiger partial charge is 0.312 e. The molecule has 1 saturated carbocycles. The van der Waals surface area contributed by atoms with Gasteiger partial charge in [-0.05, 0) is 57.5 Å². The van der Waals surface area contributed by atoms with Crippen molar-refractivity contribution in [3.05, 3.63) is 0 Å². The van der Waals surface area contributed by atoms with E-state index in [0.29, 0.717) is 0 Å². The number of fused-ring (bicyclic) bond motifs is 1. The monoisotopic (exact) mass is 252 g/mol. The van der Waals surface area contributed by atoms with Crippen LogP contribution in [0.3, 0.4) is 0 Å². The van der Waals surface area contributed by atoms with Gasteiger partial charge < -0.3 is 5.32 Å². The van der Waals surface area contributed by atoms with Crippen LogP contribution >= 0.6 is 0 Å². The molecule has 18 heavy (non-hydrogen) atoms. The summed E-state index contributed by atoms with van der Waals surface area (Å²) in [6, 6.07) is 1.53. The molecule has 1 heterocycles. The quantitative estimate of drug-likeness (QED) is 0.748. The third-order valence-corrected chi connectivity index (χ3v) is 5.32. The smallest absolute Gasteiger partial charge is 0.0226 e. The Kier molecular flexibility index (Phi) is 5.50. The van der Waals surface area contributed by atoms with Crippen LogP contribution in [0.2, 0.25) is 0 Å². The number of hydrogen-bond acceptors (Lipinski definition) is 2. The van der Waals surface area contributed by atoms with Crippen molar-refractivity contribution in [1.82, 2.24) is 10.2 Å². The van der Waals surface area contributed by atoms with E-state index in [-0.39, 0.29) is 0 Å². The van der Waals surface area contributed by atoms with Gasteiger partial charge in [-0.2, -0.15) is 0 Å². The normalized spacial score (nSPS) is 33.0. The number of unbranched alkanes of at least 4 members (excludes halogenated alkanes) is 1. The summed E-state index contributed by atoms with van der Waals surface area (Å²) in [5.74, 6) is 1.98. The molecule has 0 bridgehead atoms. The van der Waals surface area contributed by atoms with E-state index < -0.39 is 0 Å². The van der Waals surface area contributed by atoms with E-state index in [2.05, 4.69) is 31.0 Å². The molecule has 0 spiro atoms. The molecular formula is C16H32N2. The van der Waals surface area contributed by atoms with Crippen LogP contribution < -0.4 is 5.32 Å². The molecule has 106 valence electrons. The Hall–Kier alpha value is -0.0800. The van der Waals surface area contributed by atoms with Crippen LogP contribution in [-0.2, 0) is 0 Å². The molecule has 4 unspecified atom stereocenters. The molecule has 2 nitrogen and oxygen atoms in total. The Bertz CT molecular complexity index is 241. The predicted molar refractivity (Wildman–Crippen MR) is 78.9 cm³/mol. The fourth-order valence-corrected chi connectivity index (χ4v) is 3.87. The van der Waals surface area contributed by atoms with Gasteiger partial charge in [-0.15, -0.1) is 0 Å². The summed E-state index contributed by atoms with van der Waals surface area (Å²) in [6.07, 6.45) is 8.38. The van der Waals surface area contributed by atoms with Crippen LogP contribution in [0.25, 0.3) is 0 Å². The summed E-state index contributed by atoms with van der Waals surface area (Å²) in [4.78, 5) is 2.74. The van der Waals surface area contributed by atoms with Gasteiger partial charge in [-0.25, -0.2) is 0 Å². The van der Waals surface area contributed by atoms with Crippen LogP contribution in [0.15, 0.2) is 0 Å². The van der Waals surface area contributed by atoms with Crippen molar-refractivity contribution in [2.45, 2.75) is 71.4 Å². The van der Waals surface area contributed by atoms with Crippen LogP contribution in [-0.4, -0.2) is 36.6 Å². The Morgan fingerprint density at radius 3 is 2.83 bits per heavy atom. The fraction of sp³-hybridized carbons (Fsp3) is 1.00. The van der Waals surface area contributed by atoms with Gasteiger partial charge in [0.25, 0.3) is 0 Å². The SMILES string of the molecule is CCCCN(CC1NCC2CCCC21)C(C)CC. The van der Waals surface area contributed by atoms with Gasteiger partial charge >= 0.3 is 0 Å². The number of nitrogens with one attached hydrogen (secondary N) is 1. The lowest BCUT2D eigenvalue weighted by Gasteiger charge is -2.32. The second kappa shape index (κ2) is 6.91. The van der Waals surface area contributed by atoms with E-state index in [1.54, 1.807) is 0 Å². The Labute approximate surface area is 114 Å². The van der Waals surface area contributed by atoms with Gasteiger partial charge in [0, 0.05) is 18.6 Å². The van der Waals surface area contributed by atoms with E-state index in [4.69, 9.17) is 0 Å². The molecule has 1 saturated heterocycles. The molecule has 1 N–H and O–H groups in total. The molecule has 0 radical (unpaired) electrons. The average Bonchev–Trinajstić information content (AvgIpc) is 2.97. The first-order valence-electron chi connectivity index (χ1n) is 8.23. The minimum Gasteiger partial charge on any atom is -0.312 e. The Morgan fingerprint density at radius 2 is 2.11 bits per heavy atom. The highest BCUT2D eigenvalue weighted by Gasteiger charge is 2.39. The second-order valence-electron chi connectivity index (χ2n) is 6.48. The minimum absolute atomic E-state index is 0.749. The molecule has 2 heteroatoms. The van der Waals surface area contributed by atoms with Gasteiger partial charge in [-0.3, -0.25) is 4.90 Å². The van der Waals surface area contributed by atoms with Crippen molar-refractivity contribution in [1.29, 1.82) is 0 Å². The third-order valence-electron chi connectivity index (χ3n) is 5.32. The van der Waals surface area contributed by atoms with Crippen LogP contribution in [0.1, 0.15) is 59.3 Å². The highest BCUT2D eigenvalue weighted by Crippen LogP contribution is 2.38. The lowest BCUT2D eigenvalue weighted by molar-refractivity contribution is 0.170. The van der Waals surface area contributed by atoms with Gasteiger partial charge in [-0.1, -0.05) is 26.7 Å². The first-order valence-corrected chi connectivity index (χ1v) is 8.23. The lowest BCUT2D eigenvalue weighted by atomic mass is 9.93. The van der Waals surface area contributed by atoms with Gasteiger partial charge in [0.1, 0.15) is 0 Å². The highest BCUT2D eigenvalue weighted by molar-refractivity contribution is 4.95. The maximum absolute atomic E-state index is 3.80.